The lowest BCUT2D eigenvalue weighted by Crippen LogP contribution is -2.22. The summed E-state index contributed by atoms with van der Waals surface area (Å²) in [6, 6.07) is 23.4. The number of rotatable bonds is 6. The first-order valence-corrected chi connectivity index (χ1v) is 10.5. The van der Waals surface area contributed by atoms with Crippen molar-refractivity contribution in [1.29, 1.82) is 0 Å². The molecular formula is C24H22N2O2S. The number of thioether (sulfide) groups is 1. The van der Waals surface area contributed by atoms with Gasteiger partial charge in [0.05, 0.1) is 23.2 Å². The number of aryl methyl sites for hydroxylation is 2. The Labute approximate surface area is 174 Å². The Hall–Kier alpha value is -3.05. The van der Waals surface area contributed by atoms with Crippen LogP contribution in [0.1, 0.15) is 11.1 Å². The molecule has 0 fully saturated rings. The second kappa shape index (κ2) is 8.53. The maximum atomic E-state index is 13.2. The molecule has 5 heteroatoms. The fraction of sp³-hybridized carbons (Fsp3) is 0.167. The van der Waals surface area contributed by atoms with E-state index >= 15 is 0 Å². The molecular weight excluding hydrogens is 380 g/mol. The topological polar surface area (TPSA) is 44.1 Å². The van der Waals surface area contributed by atoms with Crippen LogP contribution in [0.4, 0.5) is 0 Å². The van der Waals surface area contributed by atoms with Crippen LogP contribution < -0.4 is 10.3 Å². The smallest absolute Gasteiger partial charge is 0.266 e. The Balaban J connectivity index is 1.62. The van der Waals surface area contributed by atoms with Crippen LogP contribution in [0, 0.1) is 13.8 Å². The predicted octanol–water partition coefficient (Wildman–Crippen LogP) is 5.17. The third-order valence-electron chi connectivity index (χ3n) is 4.61. The molecule has 0 aliphatic carbocycles. The standard InChI is InChI=1S/C24H22N2O2S/c1-17-10-12-19(13-11-17)26-23(27)21-8-3-4-9-22(21)25-24(26)29-15-14-28-20-7-5-6-18(2)16-20/h3-13,16H,14-15H2,1-2H3. The first-order valence-electron chi connectivity index (χ1n) is 9.53. The van der Waals surface area contributed by atoms with Gasteiger partial charge in [0, 0.05) is 5.75 Å². The molecule has 0 aliphatic rings. The van der Waals surface area contributed by atoms with E-state index in [9.17, 15) is 4.79 Å². The van der Waals surface area contributed by atoms with Gasteiger partial charge in [0.25, 0.3) is 5.56 Å². The molecule has 0 bridgehead atoms. The van der Waals surface area contributed by atoms with Crippen molar-refractivity contribution in [2.45, 2.75) is 19.0 Å². The Kier molecular flexibility index (Phi) is 5.67. The second-order valence-electron chi connectivity index (χ2n) is 6.90. The molecule has 0 spiro atoms. The highest BCUT2D eigenvalue weighted by atomic mass is 32.2. The molecule has 0 radical (unpaired) electrons. The highest BCUT2D eigenvalue weighted by molar-refractivity contribution is 7.99. The number of fused-ring (bicyclic) bond motifs is 1. The van der Waals surface area contributed by atoms with Crippen molar-refractivity contribution in [3.8, 4) is 11.4 Å². The summed E-state index contributed by atoms with van der Waals surface area (Å²) in [4.78, 5) is 18.0. The number of benzene rings is 3. The van der Waals surface area contributed by atoms with Crippen molar-refractivity contribution < 1.29 is 4.74 Å². The van der Waals surface area contributed by atoms with Gasteiger partial charge in [-0.05, 0) is 55.8 Å². The normalized spacial score (nSPS) is 11.0. The molecule has 3 aromatic carbocycles. The van der Waals surface area contributed by atoms with E-state index in [1.807, 2.05) is 86.6 Å². The molecule has 4 nitrogen and oxygen atoms in total. The maximum absolute atomic E-state index is 13.2. The Bertz CT molecular complexity index is 1200. The summed E-state index contributed by atoms with van der Waals surface area (Å²) >= 11 is 1.53. The van der Waals surface area contributed by atoms with E-state index in [1.54, 1.807) is 4.57 Å². The number of ether oxygens (including phenoxy) is 1. The fourth-order valence-corrected chi connectivity index (χ4v) is 3.96. The average Bonchev–Trinajstić information content (AvgIpc) is 2.72. The van der Waals surface area contributed by atoms with E-state index in [-0.39, 0.29) is 5.56 Å². The Morgan fingerprint density at radius 3 is 2.52 bits per heavy atom. The Morgan fingerprint density at radius 2 is 1.72 bits per heavy atom. The van der Waals surface area contributed by atoms with Gasteiger partial charge in [-0.15, -0.1) is 0 Å². The van der Waals surface area contributed by atoms with Crippen LogP contribution in [-0.4, -0.2) is 21.9 Å². The summed E-state index contributed by atoms with van der Waals surface area (Å²) in [5.41, 5.74) is 3.79. The van der Waals surface area contributed by atoms with Crippen LogP contribution in [0.5, 0.6) is 5.75 Å². The molecule has 0 unspecified atom stereocenters. The van der Waals surface area contributed by atoms with Gasteiger partial charge in [-0.3, -0.25) is 9.36 Å². The van der Waals surface area contributed by atoms with Crippen molar-refractivity contribution in [1.82, 2.24) is 9.55 Å². The summed E-state index contributed by atoms with van der Waals surface area (Å²) in [7, 11) is 0. The van der Waals surface area contributed by atoms with Gasteiger partial charge in [0.15, 0.2) is 5.16 Å². The zero-order valence-corrected chi connectivity index (χ0v) is 17.3. The molecule has 29 heavy (non-hydrogen) atoms. The number of aromatic nitrogens is 2. The van der Waals surface area contributed by atoms with Gasteiger partial charge in [-0.25, -0.2) is 4.98 Å². The molecule has 4 aromatic rings. The summed E-state index contributed by atoms with van der Waals surface area (Å²) in [5, 5.41) is 1.29. The summed E-state index contributed by atoms with van der Waals surface area (Å²) < 4.78 is 7.55. The number of nitrogens with zero attached hydrogens (tertiary/aromatic N) is 2. The van der Waals surface area contributed by atoms with Gasteiger partial charge >= 0.3 is 0 Å². The van der Waals surface area contributed by atoms with Crippen molar-refractivity contribution >= 4 is 22.7 Å². The molecule has 1 aromatic heterocycles. The number of para-hydroxylation sites is 1. The van der Waals surface area contributed by atoms with Crippen LogP contribution in [-0.2, 0) is 0 Å². The van der Waals surface area contributed by atoms with Gasteiger partial charge in [-0.1, -0.05) is 53.7 Å². The van der Waals surface area contributed by atoms with Gasteiger partial charge in [0.1, 0.15) is 5.75 Å². The van der Waals surface area contributed by atoms with E-state index in [0.717, 1.165) is 17.0 Å². The molecule has 0 aliphatic heterocycles. The average molecular weight is 403 g/mol. The molecule has 0 saturated carbocycles. The van der Waals surface area contributed by atoms with Crippen molar-refractivity contribution in [2.24, 2.45) is 0 Å². The molecule has 146 valence electrons. The molecule has 0 N–H and O–H groups in total. The molecule has 0 atom stereocenters. The largest absolute Gasteiger partial charge is 0.493 e. The first kappa shape index (κ1) is 19.3. The van der Waals surface area contributed by atoms with E-state index in [0.29, 0.717) is 28.4 Å². The highest BCUT2D eigenvalue weighted by Crippen LogP contribution is 2.22. The van der Waals surface area contributed by atoms with Crippen LogP contribution in [0.2, 0.25) is 0 Å². The third kappa shape index (κ3) is 4.35. The fourth-order valence-electron chi connectivity index (χ4n) is 3.13. The summed E-state index contributed by atoms with van der Waals surface area (Å²) in [6.07, 6.45) is 0. The van der Waals surface area contributed by atoms with Crippen LogP contribution in [0.3, 0.4) is 0 Å². The van der Waals surface area contributed by atoms with Crippen molar-refractivity contribution in [3.05, 3.63) is 94.3 Å². The van der Waals surface area contributed by atoms with Gasteiger partial charge in [-0.2, -0.15) is 0 Å². The van der Waals surface area contributed by atoms with E-state index < -0.39 is 0 Å². The summed E-state index contributed by atoms with van der Waals surface area (Å²) in [5.74, 6) is 1.54. The SMILES string of the molecule is Cc1ccc(-n2c(SCCOc3cccc(C)c3)nc3ccccc3c2=O)cc1. The zero-order valence-electron chi connectivity index (χ0n) is 16.5. The minimum atomic E-state index is -0.0541. The maximum Gasteiger partial charge on any atom is 0.266 e. The van der Waals surface area contributed by atoms with Crippen molar-refractivity contribution in [2.75, 3.05) is 12.4 Å². The lowest BCUT2D eigenvalue weighted by Gasteiger charge is -2.14. The lowest BCUT2D eigenvalue weighted by molar-refractivity contribution is 0.343. The van der Waals surface area contributed by atoms with Gasteiger partial charge in [0.2, 0.25) is 0 Å². The molecule has 1 heterocycles. The number of hydrogen-bond donors (Lipinski definition) is 0. The van der Waals surface area contributed by atoms with Crippen LogP contribution in [0.15, 0.2) is 82.7 Å². The first-order chi connectivity index (χ1) is 14.1. The quantitative estimate of drug-likeness (QED) is 0.253. The van der Waals surface area contributed by atoms with Crippen molar-refractivity contribution in [3.63, 3.8) is 0 Å². The van der Waals surface area contributed by atoms with Gasteiger partial charge < -0.3 is 4.74 Å². The number of hydrogen-bond acceptors (Lipinski definition) is 4. The summed E-state index contributed by atoms with van der Waals surface area (Å²) in [6.45, 7) is 4.61. The van der Waals surface area contributed by atoms with E-state index in [2.05, 4.69) is 0 Å². The molecule has 0 amide bonds. The van der Waals surface area contributed by atoms with E-state index in [1.165, 1.54) is 17.3 Å². The monoisotopic (exact) mass is 402 g/mol. The second-order valence-corrected chi connectivity index (χ2v) is 7.96. The van der Waals surface area contributed by atoms with E-state index in [4.69, 9.17) is 9.72 Å². The lowest BCUT2D eigenvalue weighted by atomic mass is 10.2. The molecule has 4 rings (SSSR count). The molecule has 0 saturated heterocycles. The predicted molar refractivity (Wildman–Crippen MR) is 119 cm³/mol. The van der Waals surface area contributed by atoms with Crippen LogP contribution in [0.25, 0.3) is 16.6 Å². The minimum Gasteiger partial charge on any atom is -0.493 e. The minimum absolute atomic E-state index is 0.0541. The highest BCUT2D eigenvalue weighted by Gasteiger charge is 2.13. The Morgan fingerprint density at radius 1 is 0.931 bits per heavy atom. The zero-order chi connectivity index (χ0) is 20.2. The third-order valence-corrected chi connectivity index (χ3v) is 5.51. The van der Waals surface area contributed by atoms with Crippen LogP contribution >= 0.6 is 11.8 Å².